The Morgan fingerprint density at radius 1 is 1.28 bits per heavy atom. The molecule has 6 nitrogen and oxygen atoms in total. The van der Waals surface area contributed by atoms with E-state index in [9.17, 15) is 4.79 Å². The topological polar surface area (TPSA) is 86.7 Å². The van der Waals surface area contributed by atoms with Crippen molar-refractivity contribution in [2.75, 3.05) is 0 Å². The van der Waals surface area contributed by atoms with Gasteiger partial charge in [0.25, 0.3) is 0 Å². The number of nitrogens with two attached hydrogens (primary N) is 1. The largest absolute Gasteiger partial charge is 0.350 e. The van der Waals surface area contributed by atoms with E-state index in [0.29, 0.717) is 16.9 Å². The molecule has 0 atom stereocenters. The molecule has 6 heteroatoms. The van der Waals surface area contributed by atoms with Crippen molar-refractivity contribution < 1.29 is 4.79 Å². The van der Waals surface area contributed by atoms with E-state index in [1.807, 2.05) is 30.3 Å². The monoisotopic (exact) mass is 238 g/mol. The van der Waals surface area contributed by atoms with Crippen molar-refractivity contribution in [1.29, 1.82) is 0 Å². The van der Waals surface area contributed by atoms with Crippen molar-refractivity contribution in [3.05, 3.63) is 42.7 Å². The van der Waals surface area contributed by atoms with E-state index in [-0.39, 0.29) is 0 Å². The Balaban J connectivity index is 2.21. The average Bonchev–Trinajstić information content (AvgIpc) is 2.82. The lowest BCUT2D eigenvalue weighted by molar-refractivity contribution is 0.248. The highest BCUT2D eigenvalue weighted by Crippen LogP contribution is 2.17. The van der Waals surface area contributed by atoms with Gasteiger partial charge in [-0.15, -0.1) is 0 Å². The fourth-order valence-electron chi connectivity index (χ4n) is 1.64. The normalized spacial score (nSPS) is 10.7. The van der Waals surface area contributed by atoms with Gasteiger partial charge in [0.1, 0.15) is 6.20 Å². The molecule has 0 aliphatic rings. The second kappa shape index (κ2) is 3.92. The first-order valence-corrected chi connectivity index (χ1v) is 5.24. The summed E-state index contributed by atoms with van der Waals surface area (Å²) in [5.74, 6) is 0.513. The molecule has 3 aromatic rings. The lowest BCUT2D eigenvalue weighted by Gasteiger charge is -2.00. The quantitative estimate of drug-likeness (QED) is 0.690. The van der Waals surface area contributed by atoms with Crippen LogP contribution in [-0.2, 0) is 0 Å². The number of benzene rings is 1. The number of aromatic nitrogens is 4. The van der Waals surface area contributed by atoms with Gasteiger partial charge >= 0.3 is 6.03 Å². The van der Waals surface area contributed by atoms with Gasteiger partial charge < -0.3 is 5.73 Å². The van der Waals surface area contributed by atoms with Gasteiger partial charge in [0.15, 0.2) is 11.5 Å². The number of nitrogens with zero attached hydrogens (tertiary/aromatic N) is 4. The number of amides is 1. The Hall–Kier alpha value is -2.76. The van der Waals surface area contributed by atoms with Gasteiger partial charge in [-0.05, 0) is 0 Å². The van der Waals surface area contributed by atoms with Gasteiger partial charge in [-0.25, -0.2) is 14.8 Å². The number of primary amides is 1. The molecule has 0 saturated carbocycles. The molecule has 0 spiro atoms. The molecule has 18 heavy (non-hydrogen) atoms. The number of rotatable bonds is 1. The standard InChI is InChI=1S/C12H8N5O/c13-12(18)17-11-9(7-15-17)6-14-10(16-11)8-4-2-1-3-5-8/h1-6H,(H2,13,18). The molecule has 1 radical (unpaired) electrons. The zero-order chi connectivity index (χ0) is 12.5. The van der Waals surface area contributed by atoms with Crippen LogP contribution in [0, 0.1) is 6.20 Å². The van der Waals surface area contributed by atoms with Crippen LogP contribution < -0.4 is 5.73 Å². The highest BCUT2D eigenvalue weighted by Gasteiger charge is 2.11. The molecule has 0 bridgehead atoms. The summed E-state index contributed by atoms with van der Waals surface area (Å²) in [6, 6.07) is 8.76. The number of fused-ring (bicyclic) bond motifs is 1. The Morgan fingerprint density at radius 2 is 2.06 bits per heavy atom. The van der Waals surface area contributed by atoms with Crippen LogP contribution in [-0.4, -0.2) is 25.8 Å². The first-order valence-electron chi connectivity index (χ1n) is 5.24. The molecule has 0 aliphatic carbocycles. The van der Waals surface area contributed by atoms with Crippen LogP contribution in [0.15, 0.2) is 36.5 Å². The number of hydrogen-bond donors (Lipinski definition) is 1. The second-order valence-corrected chi connectivity index (χ2v) is 3.66. The zero-order valence-electron chi connectivity index (χ0n) is 9.24. The van der Waals surface area contributed by atoms with E-state index < -0.39 is 6.03 Å². The van der Waals surface area contributed by atoms with E-state index in [4.69, 9.17) is 5.73 Å². The third-order valence-electron chi connectivity index (χ3n) is 2.48. The molecule has 87 valence electrons. The number of hydrogen-bond acceptors (Lipinski definition) is 4. The van der Waals surface area contributed by atoms with Gasteiger partial charge in [0, 0.05) is 11.8 Å². The predicted molar refractivity (Wildman–Crippen MR) is 64.6 cm³/mol. The minimum absolute atomic E-state index is 0.358. The lowest BCUT2D eigenvalue weighted by atomic mass is 10.2. The zero-order valence-corrected chi connectivity index (χ0v) is 9.24. The maximum atomic E-state index is 11.2. The van der Waals surface area contributed by atoms with Crippen molar-refractivity contribution in [2.45, 2.75) is 0 Å². The molecular weight excluding hydrogens is 230 g/mol. The van der Waals surface area contributed by atoms with E-state index in [1.54, 1.807) is 6.20 Å². The third-order valence-corrected chi connectivity index (χ3v) is 2.48. The summed E-state index contributed by atoms with van der Waals surface area (Å²) in [5, 5.41) is 4.29. The molecule has 3 rings (SSSR count). The first kappa shape index (κ1) is 10.4. The van der Waals surface area contributed by atoms with Crippen LogP contribution in [0.2, 0.25) is 0 Å². The van der Waals surface area contributed by atoms with Crippen LogP contribution in [0.1, 0.15) is 0 Å². The van der Waals surface area contributed by atoms with E-state index in [0.717, 1.165) is 10.2 Å². The molecule has 2 aromatic heterocycles. The van der Waals surface area contributed by atoms with Crippen molar-refractivity contribution in [2.24, 2.45) is 5.73 Å². The fraction of sp³-hybridized carbons (Fsp3) is 0. The third kappa shape index (κ3) is 1.60. The summed E-state index contributed by atoms with van der Waals surface area (Å²) in [6.07, 6.45) is 4.20. The van der Waals surface area contributed by atoms with E-state index in [2.05, 4.69) is 21.3 Å². The lowest BCUT2D eigenvalue weighted by Crippen LogP contribution is -2.21. The Labute approximate surface area is 102 Å². The number of carbonyl (C=O) groups excluding carboxylic acids is 1. The summed E-state index contributed by atoms with van der Waals surface area (Å²) >= 11 is 0. The van der Waals surface area contributed by atoms with Crippen LogP contribution in [0.4, 0.5) is 4.79 Å². The summed E-state index contributed by atoms with van der Waals surface area (Å²) in [5.41, 5.74) is 6.41. The molecule has 0 unspecified atom stereocenters. The van der Waals surface area contributed by atoms with Crippen molar-refractivity contribution in [1.82, 2.24) is 19.7 Å². The van der Waals surface area contributed by atoms with Gasteiger partial charge in [0.2, 0.25) is 0 Å². The van der Waals surface area contributed by atoms with E-state index >= 15 is 0 Å². The Bertz CT molecular complexity index is 720. The molecule has 2 heterocycles. The smallest absolute Gasteiger partial charge is 0.341 e. The SMILES string of the molecule is NC(=O)n1n[c]c2cnc(-c3ccccc3)nc21. The van der Waals surface area contributed by atoms with Crippen LogP contribution >= 0.6 is 0 Å². The summed E-state index contributed by atoms with van der Waals surface area (Å²) in [7, 11) is 0. The van der Waals surface area contributed by atoms with Crippen molar-refractivity contribution >= 4 is 17.1 Å². The highest BCUT2D eigenvalue weighted by molar-refractivity contribution is 5.86. The van der Waals surface area contributed by atoms with Gasteiger partial charge in [-0.1, -0.05) is 30.3 Å². The average molecular weight is 238 g/mol. The minimum Gasteiger partial charge on any atom is -0.350 e. The second-order valence-electron chi connectivity index (χ2n) is 3.66. The maximum Gasteiger partial charge on any atom is 0.341 e. The van der Waals surface area contributed by atoms with Crippen LogP contribution in [0.5, 0.6) is 0 Å². The summed E-state index contributed by atoms with van der Waals surface area (Å²) < 4.78 is 1.00. The highest BCUT2D eigenvalue weighted by atomic mass is 16.2. The molecular formula is C12H8N5O. The number of carbonyl (C=O) groups is 1. The Kier molecular flexibility index (Phi) is 2.26. The van der Waals surface area contributed by atoms with Gasteiger partial charge in [-0.3, -0.25) is 0 Å². The summed E-state index contributed by atoms with van der Waals surface area (Å²) in [6.45, 7) is 0. The van der Waals surface area contributed by atoms with Gasteiger partial charge in [0.05, 0.1) is 5.39 Å². The Morgan fingerprint density at radius 3 is 2.78 bits per heavy atom. The van der Waals surface area contributed by atoms with Crippen LogP contribution in [0.25, 0.3) is 22.4 Å². The molecule has 0 aliphatic heterocycles. The van der Waals surface area contributed by atoms with Crippen molar-refractivity contribution in [3.63, 3.8) is 0 Å². The van der Waals surface area contributed by atoms with Gasteiger partial charge in [-0.2, -0.15) is 9.78 Å². The first-order chi connectivity index (χ1) is 8.75. The minimum atomic E-state index is -0.695. The maximum absolute atomic E-state index is 11.2. The molecule has 0 fully saturated rings. The molecule has 2 N–H and O–H groups in total. The fourth-order valence-corrected chi connectivity index (χ4v) is 1.64. The molecule has 0 saturated heterocycles. The molecule has 1 amide bonds. The predicted octanol–water partition coefficient (Wildman–Crippen LogP) is 1.22. The summed E-state index contributed by atoms with van der Waals surface area (Å²) in [4.78, 5) is 19.7. The van der Waals surface area contributed by atoms with Crippen LogP contribution in [0.3, 0.4) is 0 Å². The van der Waals surface area contributed by atoms with Crippen molar-refractivity contribution in [3.8, 4) is 11.4 Å². The molecule has 1 aromatic carbocycles. The van der Waals surface area contributed by atoms with E-state index in [1.165, 1.54) is 0 Å².